The van der Waals surface area contributed by atoms with E-state index < -0.39 is 0 Å². The van der Waals surface area contributed by atoms with Crippen molar-refractivity contribution in [3.05, 3.63) is 395 Å². The van der Waals surface area contributed by atoms with Gasteiger partial charge in [0.1, 0.15) is 0 Å². The summed E-state index contributed by atoms with van der Waals surface area (Å²) in [5, 5.41) is 6.86. The lowest BCUT2D eigenvalue weighted by atomic mass is 9.91. The standard InChI is InChI=1S/C100H65N5/c1-7-19-66(20-8-1)78-39-45-92-86(59-78)87-60-79(67-21-9-2-10-22-67)40-46-93(87)103(92)98-84(76-35-31-72(32-36-76)74-51-55-101-56-52-74)65-85(77-37-33-73(34-38-77)75-53-57-102-58-54-75)99(104-94-47-41-80(68-23-11-3-12-24-68)61-88(94)89-62-81(42-48-95(89)104)69-25-13-4-14-26-69)100(98)105-96-49-43-82(70-27-15-5-16-28-70)63-90(96)91-64-83(44-50-97(91)105)71-29-17-6-18-30-71/h1-65H. The molecule has 20 rings (SSSR count). The monoisotopic (exact) mass is 1340 g/mol. The van der Waals surface area contributed by atoms with Gasteiger partial charge in [0.25, 0.3) is 0 Å². The Morgan fingerprint density at radius 1 is 0.143 bits per heavy atom. The molecule has 105 heavy (non-hydrogen) atoms. The van der Waals surface area contributed by atoms with Crippen LogP contribution in [0.1, 0.15) is 0 Å². The van der Waals surface area contributed by atoms with E-state index in [1.807, 2.05) is 24.8 Å². The molecule has 0 fully saturated rings. The van der Waals surface area contributed by atoms with E-state index in [4.69, 9.17) is 0 Å². The fourth-order valence-electron chi connectivity index (χ4n) is 16.2. The van der Waals surface area contributed by atoms with Gasteiger partial charge in [0.2, 0.25) is 0 Å². The zero-order valence-corrected chi connectivity index (χ0v) is 57.3. The third-order valence-electron chi connectivity index (χ3n) is 21.3. The lowest BCUT2D eigenvalue weighted by Crippen LogP contribution is -2.12. The highest BCUT2D eigenvalue weighted by Crippen LogP contribution is 2.52. The molecule has 0 radical (unpaired) electrons. The van der Waals surface area contributed by atoms with Gasteiger partial charge < -0.3 is 13.7 Å². The predicted octanol–water partition coefficient (Wildman–Crippen LogP) is 26.4. The molecule has 0 atom stereocenters. The van der Waals surface area contributed by atoms with Crippen LogP contribution < -0.4 is 0 Å². The average Bonchev–Trinajstić information content (AvgIpc) is 1.56. The van der Waals surface area contributed by atoms with Crippen LogP contribution in [0.25, 0.3) is 194 Å². The summed E-state index contributed by atoms with van der Waals surface area (Å²) >= 11 is 0. The molecule has 0 aliphatic rings. The molecule has 15 aromatic carbocycles. The van der Waals surface area contributed by atoms with Gasteiger partial charge >= 0.3 is 0 Å². The summed E-state index contributed by atoms with van der Waals surface area (Å²) in [6.45, 7) is 0. The van der Waals surface area contributed by atoms with Crippen LogP contribution in [0.2, 0.25) is 0 Å². The summed E-state index contributed by atoms with van der Waals surface area (Å²) < 4.78 is 7.89. The first-order chi connectivity index (χ1) is 52.1. The molecule has 0 N–H and O–H groups in total. The Balaban J connectivity index is 1.02. The van der Waals surface area contributed by atoms with Gasteiger partial charge in [0, 0.05) is 68.2 Å². The Labute approximate surface area is 608 Å². The Kier molecular flexibility index (Phi) is 14.8. The van der Waals surface area contributed by atoms with Gasteiger partial charge in [-0.1, -0.05) is 267 Å². The van der Waals surface area contributed by atoms with Crippen molar-refractivity contribution >= 4 is 65.4 Å². The molecule has 20 aromatic rings. The van der Waals surface area contributed by atoms with Crippen LogP contribution in [0.15, 0.2) is 395 Å². The highest BCUT2D eigenvalue weighted by atomic mass is 15.1. The Hall–Kier alpha value is -14.0. The maximum absolute atomic E-state index is 4.44. The second-order valence-electron chi connectivity index (χ2n) is 27.2. The minimum absolute atomic E-state index is 1.01. The van der Waals surface area contributed by atoms with Crippen LogP contribution in [-0.4, -0.2) is 23.7 Å². The zero-order valence-electron chi connectivity index (χ0n) is 57.3. The van der Waals surface area contributed by atoms with Crippen molar-refractivity contribution < 1.29 is 0 Å². The van der Waals surface area contributed by atoms with Gasteiger partial charge in [0.05, 0.1) is 50.2 Å². The summed E-state index contributed by atoms with van der Waals surface area (Å²) in [6.07, 6.45) is 7.52. The first-order valence-electron chi connectivity index (χ1n) is 35.9. The molecule has 0 amide bonds. The molecular weight excluding hydrogens is 1270 g/mol. The van der Waals surface area contributed by atoms with E-state index in [-0.39, 0.29) is 0 Å². The van der Waals surface area contributed by atoms with Crippen molar-refractivity contribution in [3.8, 4) is 128 Å². The van der Waals surface area contributed by atoms with Gasteiger partial charge in [0.15, 0.2) is 0 Å². The Morgan fingerprint density at radius 3 is 0.552 bits per heavy atom. The molecular formula is C100H65N5. The third kappa shape index (κ3) is 10.6. The van der Waals surface area contributed by atoms with Crippen molar-refractivity contribution in [2.75, 3.05) is 0 Å². The number of pyridine rings is 2. The summed E-state index contributed by atoms with van der Waals surface area (Å²) in [5.74, 6) is 0. The van der Waals surface area contributed by atoms with Gasteiger partial charge in [-0.15, -0.1) is 0 Å². The Morgan fingerprint density at radius 2 is 0.324 bits per heavy atom. The van der Waals surface area contributed by atoms with Crippen molar-refractivity contribution in [1.29, 1.82) is 0 Å². The molecule has 0 aliphatic heterocycles. The van der Waals surface area contributed by atoms with Crippen molar-refractivity contribution in [3.63, 3.8) is 0 Å². The van der Waals surface area contributed by atoms with E-state index in [2.05, 4.69) is 394 Å². The minimum atomic E-state index is 1.01. The summed E-state index contributed by atoms with van der Waals surface area (Å²) in [7, 11) is 0. The SMILES string of the molecule is c1ccc(-c2ccc3c(c2)c2cc(-c4ccccc4)ccc2n3-c2c(-c3ccc(-c4ccncc4)cc3)cc(-c3ccc(-c4ccncc4)cc3)c(-n3c4ccc(-c5ccccc5)cc4c4cc(-c5ccccc5)ccc43)c2-n2c3ccc(-c4ccccc4)cc3c3cc(-c4ccccc4)ccc32)cc1. The van der Waals surface area contributed by atoms with Gasteiger partial charge in [-0.3, -0.25) is 9.97 Å². The normalized spacial score (nSPS) is 11.6. The number of rotatable bonds is 13. The lowest BCUT2D eigenvalue weighted by Gasteiger charge is -2.28. The number of hydrogen-bond acceptors (Lipinski definition) is 2. The van der Waals surface area contributed by atoms with Crippen LogP contribution in [0.3, 0.4) is 0 Å². The van der Waals surface area contributed by atoms with Crippen LogP contribution in [0, 0.1) is 0 Å². The molecule has 5 heteroatoms. The van der Waals surface area contributed by atoms with Gasteiger partial charge in [-0.2, -0.15) is 0 Å². The van der Waals surface area contributed by atoms with E-state index in [1.54, 1.807) is 0 Å². The molecule has 5 nitrogen and oxygen atoms in total. The molecule has 0 saturated carbocycles. The first-order valence-corrected chi connectivity index (χ1v) is 35.9. The maximum Gasteiger partial charge on any atom is 0.0959 e. The predicted molar refractivity (Wildman–Crippen MR) is 439 cm³/mol. The smallest absolute Gasteiger partial charge is 0.0959 e. The van der Waals surface area contributed by atoms with Gasteiger partial charge in [-0.05, 0) is 203 Å². The first kappa shape index (κ1) is 60.9. The van der Waals surface area contributed by atoms with Gasteiger partial charge in [-0.25, -0.2) is 0 Å². The van der Waals surface area contributed by atoms with Crippen molar-refractivity contribution in [2.45, 2.75) is 0 Å². The Bertz CT molecular complexity index is 6070. The second-order valence-corrected chi connectivity index (χ2v) is 27.2. The number of nitrogens with zero attached hydrogens (tertiary/aromatic N) is 5. The van der Waals surface area contributed by atoms with E-state index >= 15 is 0 Å². The molecule has 0 unspecified atom stereocenters. The highest BCUT2D eigenvalue weighted by Gasteiger charge is 2.32. The molecule has 0 aliphatic carbocycles. The molecule has 0 saturated heterocycles. The van der Waals surface area contributed by atoms with E-state index in [0.717, 1.165) is 194 Å². The summed E-state index contributed by atoms with van der Waals surface area (Å²) in [6, 6.07) is 137. The second kappa shape index (κ2) is 25.6. The van der Waals surface area contributed by atoms with Crippen LogP contribution in [0.5, 0.6) is 0 Å². The van der Waals surface area contributed by atoms with E-state index in [1.165, 1.54) is 0 Å². The molecule has 5 heterocycles. The van der Waals surface area contributed by atoms with E-state index in [0.29, 0.717) is 0 Å². The fourth-order valence-corrected chi connectivity index (χ4v) is 16.2. The molecule has 490 valence electrons. The maximum atomic E-state index is 4.44. The molecule has 0 bridgehead atoms. The molecule has 0 spiro atoms. The number of aromatic nitrogens is 5. The van der Waals surface area contributed by atoms with Crippen LogP contribution >= 0.6 is 0 Å². The topological polar surface area (TPSA) is 40.6 Å². The summed E-state index contributed by atoms with van der Waals surface area (Å²) in [4.78, 5) is 8.89. The van der Waals surface area contributed by atoms with Crippen LogP contribution in [-0.2, 0) is 0 Å². The third-order valence-corrected chi connectivity index (χ3v) is 21.3. The molecule has 5 aromatic heterocycles. The van der Waals surface area contributed by atoms with Crippen LogP contribution in [0.4, 0.5) is 0 Å². The van der Waals surface area contributed by atoms with Crippen molar-refractivity contribution in [1.82, 2.24) is 23.7 Å². The lowest BCUT2D eigenvalue weighted by molar-refractivity contribution is 1.05. The van der Waals surface area contributed by atoms with Crippen molar-refractivity contribution in [2.24, 2.45) is 0 Å². The zero-order chi connectivity index (χ0) is 69.3. The number of benzene rings is 15. The minimum Gasteiger partial charge on any atom is -0.306 e. The fraction of sp³-hybridized carbons (Fsp3) is 0. The summed E-state index contributed by atoms with van der Waals surface area (Å²) in [5.41, 5.74) is 31.9. The highest BCUT2D eigenvalue weighted by molar-refractivity contribution is 6.18. The quantitative estimate of drug-likeness (QED) is 0.115. The number of fused-ring (bicyclic) bond motifs is 9. The average molecular weight is 1340 g/mol. The number of hydrogen-bond donors (Lipinski definition) is 0. The van der Waals surface area contributed by atoms with E-state index in [9.17, 15) is 0 Å². The largest absolute Gasteiger partial charge is 0.306 e.